The van der Waals surface area contributed by atoms with E-state index in [0.717, 1.165) is 36.3 Å². The second-order valence-electron chi connectivity index (χ2n) is 8.50. The fraction of sp³-hybridized carbons (Fsp3) is 0.545. The van der Waals surface area contributed by atoms with E-state index in [9.17, 15) is 19.2 Å². The number of carbonyl (C=O) groups excluding carboxylic acids is 4. The van der Waals surface area contributed by atoms with Crippen LogP contribution in [0.4, 0.5) is 16.2 Å². The van der Waals surface area contributed by atoms with E-state index in [1.165, 1.54) is 0 Å². The molecule has 1 aromatic rings. The quantitative estimate of drug-likeness (QED) is 0.727. The summed E-state index contributed by atoms with van der Waals surface area (Å²) in [4.78, 5) is 52.4. The number of amides is 5. The molecule has 0 bridgehead atoms. The molecule has 8 nitrogen and oxygen atoms in total. The second kappa shape index (κ2) is 8.08. The van der Waals surface area contributed by atoms with Crippen molar-refractivity contribution >= 4 is 35.1 Å². The van der Waals surface area contributed by atoms with Gasteiger partial charge in [0.2, 0.25) is 11.8 Å². The van der Waals surface area contributed by atoms with Gasteiger partial charge in [-0.1, -0.05) is 13.3 Å². The number of urea groups is 1. The van der Waals surface area contributed by atoms with Crippen LogP contribution in [0.25, 0.3) is 0 Å². The lowest BCUT2D eigenvalue weighted by atomic mass is 9.75. The van der Waals surface area contributed by atoms with Gasteiger partial charge in [-0.15, -0.1) is 0 Å². The van der Waals surface area contributed by atoms with Gasteiger partial charge in [-0.3, -0.25) is 19.3 Å². The molecule has 160 valence electrons. The largest absolute Gasteiger partial charge is 0.325 e. The van der Waals surface area contributed by atoms with E-state index >= 15 is 0 Å². The third kappa shape index (κ3) is 3.78. The number of hydrogen-bond acceptors (Lipinski definition) is 4. The highest BCUT2D eigenvalue weighted by molar-refractivity contribution is 6.10. The van der Waals surface area contributed by atoms with Crippen molar-refractivity contribution in [2.75, 3.05) is 23.3 Å². The van der Waals surface area contributed by atoms with Crippen LogP contribution < -0.4 is 15.5 Å². The van der Waals surface area contributed by atoms with Crippen molar-refractivity contribution in [3.63, 3.8) is 0 Å². The van der Waals surface area contributed by atoms with Crippen molar-refractivity contribution in [1.82, 2.24) is 10.2 Å². The average Bonchev–Trinajstić information content (AvgIpc) is 3.26. The van der Waals surface area contributed by atoms with Crippen molar-refractivity contribution in [3.05, 3.63) is 24.3 Å². The summed E-state index contributed by atoms with van der Waals surface area (Å²) < 4.78 is 0. The minimum atomic E-state index is -0.840. The maximum Gasteiger partial charge on any atom is 0.325 e. The first-order valence-corrected chi connectivity index (χ1v) is 10.8. The lowest BCUT2D eigenvalue weighted by Gasteiger charge is -2.34. The molecule has 0 atom stereocenters. The zero-order valence-electron chi connectivity index (χ0n) is 17.3. The summed E-state index contributed by atoms with van der Waals surface area (Å²) in [7, 11) is 0. The molecule has 8 heteroatoms. The molecule has 1 spiro atoms. The number of rotatable bonds is 5. The molecule has 4 rings (SSSR count). The number of anilines is 2. The predicted molar refractivity (Wildman–Crippen MR) is 112 cm³/mol. The predicted octanol–water partition coefficient (Wildman–Crippen LogP) is 2.64. The molecule has 3 fully saturated rings. The lowest BCUT2D eigenvalue weighted by molar-refractivity contribution is -0.135. The molecule has 1 saturated carbocycles. The van der Waals surface area contributed by atoms with E-state index < -0.39 is 17.5 Å². The second-order valence-corrected chi connectivity index (χ2v) is 8.50. The molecule has 0 radical (unpaired) electrons. The van der Waals surface area contributed by atoms with Crippen LogP contribution in [0.3, 0.4) is 0 Å². The molecule has 30 heavy (non-hydrogen) atoms. The van der Waals surface area contributed by atoms with Crippen molar-refractivity contribution in [2.24, 2.45) is 5.92 Å². The molecule has 1 aromatic carbocycles. The Balaban J connectivity index is 1.35. The van der Waals surface area contributed by atoms with Crippen molar-refractivity contribution < 1.29 is 19.2 Å². The number of hydrogen-bond donors (Lipinski definition) is 2. The van der Waals surface area contributed by atoms with E-state index in [-0.39, 0.29) is 18.4 Å². The third-order valence-corrected chi connectivity index (χ3v) is 6.62. The van der Waals surface area contributed by atoms with E-state index in [1.807, 2.05) is 0 Å². The Hall–Kier alpha value is -2.90. The van der Waals surface area contributed by atoms with Crippen molar-refractivity contribution in [3.8, 4) is 0 Å². The Labute approximate surface area is 176 Å². The van der Waals surface area contributed by atoms with Gasteiger partial charge in [-0.05, 0) is 62.3 Å². The summed E-state index contributed by atoms with van der Waals surface area (Å²) in [6.07, 6.45) is 5.57. The van der Waals surface area contributed by atoms with Gasteiger partial charge in [0.1, 0.15) is 12.1 Å². The van der Waals surface area contributed by atoms with Crippen molar-refractivity contribution in [2.45, 2.75) is 57.4 Å². The topological polar surface area (TPSA) is 98.8 Å². The van der Waals surface area contributed by atoms with Crippen LogP contribution in [-0.2, 0) is 14.4 Å². The van der Waals surface area contributed by atoms with Gasteiger partial charge in [-0.25, -0.2) is 4.79 Å². The van der Waals surface area contributed by atoms with Gasteiger partial charge >= 0.3 is 6.03 Å². The Kier molecular flexibility index (Phi) is 5.49. The maximum absolute atomic E-state index is 12.9. The SMILES string of the molecule is CCC1CCC2(CC1)NC(=O)N(CC(=O)Nc1ccc(N3CCCC3=O)cc1)C2=O. The molecule has 5 amide bonds. The molecule has 2 saturated heterocycles. The molecular formula is C22H28N4O4. The van der Waals surface area contributed by atoms with Gasteiger partial charge in [0.15, 0.2) is 0 Å². The molecule has 2 heterocycles. The summed E-state index contributed by atoms with van der Waals surface area (Å²) in [5.41, 5.74) is 0.516. The Morgan fingerprint density at radius 3 is 2.47 bits per heavy atom. The third-order valence-electron chi connectivity index (χ3n) is 6.62. The lowest BCUT2D eigenvalue weighted by Crippen LogP contribution is -2.49. The zero-order chi connectivity index (χ0) is 21.3. The normalized spacial score (nSPS) is 26.4. The Morgan fingerprint density at radius 1 is 1.17 bits per heavy atom. The van der Waals surface area contributed by atoms with E-state index in [2.05, 4.69) is 17.6 Å². The summed E-state index contributed by atoms with van der Waals surface area (Å²) in [5.74, 6) is -0.0216. The van der Waals surface area contributed by atoms with E-state index in [1.54, 1.807) is 29.2 Å². The monoisotopic (exact) mass is 412 g/mol. The minimum Gasteiger partial charge on any atom is -0.325 e. The number of nitrogens with one attached hydrogen (secondary N) is 2. The molecule has 2 aliphatic heterocycles. The number of nitrogens with zero attached hydrogens (tertiary/aromatic N) is 2. The van der Waals surface area contributed by atoms with Crippen LogP contribution in [0.5, 0.6) is 0 Å². The molecule has 1 aliphatic carbocycles. The van der Waals surface area contributed by atoms with Gasteiger partial charge in [0, 0.05) is 24.3 Å². The van der Waals surface area contributed by atoms with E-state index in [0.29, 0.717) is 37.4 Å². The fourth-order valence-electron chi connectivity index (χ4n) is 4.73. The number of imide groups is 1. The molecular weight excluding hydrogens is 384 g/mol. The number of benzene rings is 1. The molecule has 3 aliphatic rings. The van der Waals surface area contributed by atoms with Crippen LogP contribution >= 0.6 is 0 Å². The zero-order valence-corrected chi connectivity index (χ0v) is 17.3. The van der Waals surface area contributed by atoms with Gasteiger partial charge < -0.3 is 15.5 Å². The van der Waals surface area contributed by atoms with Crippen LogP contribution in [0.15, 0.2) is 24.3 Å². The fourth-order valence-corrected chi connectivity index (χ4v) is 4.73. The molecule has 2 N–H and O–H groups in total. The first kappa shape index (κ1) is 20.4. The first-order chi connectivity index (χ1) is 14.4. The Bertz CT molecular complexity index is 858. The maximum atomic E-state index is 12.9. The number of carbonyl (C=O) groups is 4. The molecule has 0 unspecified atom stereocenters. The van der Waals surface area contributed by atoms with E-state index in [4.69, 9.17) is 0 Å². The summed E-state index contributed by atoms with van der Waals surface area (Å²) in [6.45, 7) is 2.54. The average molecular weight is 412 g/mol. The van der Waals surface area contributed by atoms with Crippen molar-refractivity contribution in [1.29, 1.82) is 0 Å². The van der Waals surface area contributed by atoms with Gasteiger partial charge in [0.05, 0.1) is 0 Å². The van der Waals surface area contributed by atoms with Crippen LogP contribution in [0.2, 0.25) is 0 Å². The smallest absolute Gasteiger partial charge is 0.325 e. The molecule has 0 aromatic heterocycles. The highest BCUT2D eigenvalue weighted by Crippen LogP contribution is 2.37. The first-order valence-electron chi connectivity index (χ1n) is 10.8. The highest BCUT2D eigenvalue weighted by atomic mass is 16.2. The van der Waals surface area contributed by atoms with Crippen LogP contribution in [-0.4, -0.2) is 47.3 Å². The summed E-state index contributed by atoms with van der Waals surface area (Å²) in [6, 6.07) is 6.52. The highest BCUT2D eigenvalue weighted by Gasteiger charge is 2.52. The standard InChI is InChI=1S/C22H28N4O4/c1-2-15-9-11-22(12-10-15)20(29)26(21(30)24-22)14-18(27)23-16-5-7-17(8-6-16)25-13-3-4-19(25)28/h5-8,15H,2-4,9-14H2,1H3,(H,23,27)(H,24,30). The van der Waals surface area contributed by atoms with Gasteiger partial charge in [0.25, 0.3) is 5.91 Å². The van der Waals surface area contributed by atoms with Gasteiger partial charge in [-0.2, -0.15) is 0 Å². The summed E-state index contributed by atoms with van der Waals surface area (Å²) >= 11 is 0. The Morgan fingerprint density at radius 2 is 1.87 bits per heavy atom. The minimum absolute atomic E-state index is 0.104. The van der Waals surface area contributed by atoms with Crippen LogP contribution in [0, 0.1) is 5.92 Å². The summed E-state index contributed by atoms with van der Waals surface area (Å²) in [5, 5.41) is 5.58. The van der Waals surface area contributed by atoms with Crippen LogP contribution in [0.1, 0.15) is 51.9 Å².